The van der Waals surface area contributed by atoms with Gasteiger partial charge in [-0.15, -0.1) is 0 Å². The summed E-state index contributed by atoms with van der Waals surface area (Å²) in [5, 5.41) is 10.6. The zero-order valence-electron chi connectivity index (χ0n) is 56.3. The lowest BCUT2D eigenvalue weighted by Crippen LogP contribution is -2.30. The van der Waals surface area contributed by atoms with Crippen molar-refractivity contribution >= 4 is 39.5 Å². The van der Waals surface area contributed by atoms with Crippen molar-refractivity contribution in [1.29, 1.82) is 0 Å². The minimum Gasteiger partial charge on any atom is -0.462 e. The van der Waals surface area contributed by atoms with E-state index in [1.807, 2.05) is 0 Å². The Morgan fingerprint density at radius 3 is 0.874 bits per heavy atom. The molecule has 0 heterocycles. The summed E-state index contributed by atoms with van der Waals surface area (Å²) in [6.45, 7) is 9.51. The van der Waals surface area contributed by atoms with Crippen molar-refractivity contribution in [2.45, 2.75) is 362 Å². The molecule has 87 heavy (non-hydrogen) atoms. The molecule has 0 radical (unpaired) electrons. The number of rotatable bonds is 67. The fourth-order valence-corrected chi connectivity index (χ4v) is 11.8. The highest BCUT2D eigenvalue weighted by Gasteiger charge is 2.30. The van der Waals surface area contributed by atoms with Gasteiger partial charge < -0.3 is 33.8 Å². The zero-order chi connectivity index (χ0) is 64.3. The van der Waals surface area contributed by atoms with E-state index in [0.717, 1.165) is 115 Å². The van der Waals surface area contributed by atoms with Gasteiger partial charge in [0, 0.05) is 25.7 Å². The van der Waals surface area contributed by atoms with Crippen molar-refractivity contribution in [3.05, 3.63) is 0 Å². The SMILES string of the molecule is CCCCCCCCCCCCC(=O)O[C@H](COC(=O)CCCCCCCCC)COP(=O)(O)OC[C@H](O)COP(=O)(O)OC[C@@H](COC(=O)CCCCCCCCCCC(C)CC)OC(=O)CCCCCCCCCCCCCCCCCC(C)C. The van der Waals surface area contributed by atoms with Crippen molar-refractivity contribution < 1.29 is 80.2 Å². The predicted octanol–water partition coefficient (Wildman–Crippen LogP) is 19.2. The number of hydrogen-bond acceptors (Lipinski definition) is 15. The summed E-state index contributed by atoms with van der Waals surface area (Å²) < 4.78 is 68.1. The van der Waals surface area contributed by atoms with Gasteiger partial charge in [-0.3, -0.25) is 37.3 Å². The summed E-state index contributed by atoms with van der Waals surface area (Å²) in [4.78, 5) is 72.3. The Morgan fingerprint density at radius 2 is 0.586 bits per heavy atom. The molecule has 0 spiro atoms. The van der Waals surface area contributed by atoms with Crippen molar-refractivity contribution in [2.24, 2.45) is 11.8 Å². The van der Waals surface area contributed by atoms with E-state index in [0.29, 0.717) is 25.7 Å². The first kappa shape index (κ1) is 85.1. The third-order valence-electron chi connectivity index (χ3n) is 16.1. The fraction of sp³-hybridized carbons (Fsp3) is 0.941. The molecular weight excluding hydrogens is 1150 g/mol. The van der Waals surface area contributed by atoms with E-state index in [-0.39, 0.29) is 25.7 Å². The topological polar surface area (TPSA) is 237 Å². The lowest BCUT2D eigenvalue weighted by Gasteiger charge is -2.21. The predicted molar refractivity (Wildman–Crippen MR) is 349 cm³/mol. The fourth-order valence-electron chi connectivity index (χ4n) is 10.2. The minimum atomic E-state index is -4.95. The summed E-state index contributed by atoms with van der Waals surface area (Å²) in [7, 11) is -9.89. The van der Waals surface area contributed by atoms with Crippen molar-refractivity contribution in [3.63, 3.8) is 0 Å². The Labute approximate surface area is 530 Å². The summed E-state index contributed by atoms with van der Waals surface area (Å²) >= 11 is 0. The van der Waals surface area contributed by atoms with Crippen LogP contribution in [0.3, 0.4) is 0 Å². The minimum absolute atomic E-state index is 0.106. The average Bonchev–Trinajstić information content (AvgIpc) is 3.69. The Morgan fingerprint density at radius 1 is 0.333 bits per heavy atom. The van der Waals surface area contributed by atoms with Gasteiger partial charge in [0.25, 0.3) is 0 Å². The number of phosphoric ester groups is 2. The molecule has 0 aromatic carbocycles. The molecule has 0 saturated carbocycles. The molecule has 6 atom stereocenters. The number of carbonyl (C=O) groups excluding carboxylic acids is 4. The standard InChI is InChI=1S/C68H132O17P2/c1-7-10-12-14-16-17-26-34-40-46-52-67(72)84-63(56-78-65(70)50-44-38-30-15-13-11-8-2)58-82-86(74,75)80-54-62(69)55-81-87(76,77)83-59-64(57-79-66(71)51-45-39-33-29-28-32-37-43-49-61(6)9-3)85-68(73)53-47-41-35-27-24-22-20-18-19-21-23-25-31-36-42-48-60(4)5/h60-64,69H,7-59H2,1-6H3,(H,74,75)(H,76,77)/t61?,62-,63+,64+/m0/s1. The number of unbranched alkanes of at least 4 members (excludes halogenated alkanes) is 36. The first-order valence-corrected chi connectivity index (χ1v) is 38.5. The van der Waals surface area contributed by atoms with E-state index >= 15 is 0 Å². The lowest BCUT2D eigenvalue weighted by molar-refractivity contribution is -0.161. The maximum Gasteiger partial charge on any atom is 0.472 e. The molecule has 0 aliphatic rings. The second-order valence-electron chi connectivity index (χ2n) is 25.3. The van der Waals surface area contributed by atoms with Crippen LogP contribution in [0.4, 0.5) is 0 Å². The normalized spacial score (nSPS) is 14.5. The smallest absolute Gasteiger partial charge is 0.462 e. The first-order valence-electron chi connectivity index (χ1n) is 35.5. The van der Waals surface area contributed by atoms with Crippen LogP contribution in [0, 0.1) is 11.8 Å². The number of aliphatic hydroxyl groups is 1. The van der Waals surface area contributed by atoms with Gasteiger partial charge in [0.1, 0.15) is 19.3 Å². The molecule has 0 aliphatic heterocycles. The van der Waals surface area contributed by atoms with Gasteiger partial charge in [0.15, 0.2) is 12.2 Å². The molecule has 3 N–H and O–H groups in total. The second-order valence-corrected chi connectivity index (χ2v) is 28.2. The van der Waals surface area contributed by atoms with Crippen LogP contribution in [0.2, 0.25) is 0 Å². The summed E-state index contributed by atoms with van der Waals surface area (Å²) in [5.74, 6) is -0.552. The third-order valence-corrected chi connectivity index (χ3v) is 18.0. The van der Waals surface area contributed by atoms with Crippen LogP contribution < -0.4 is 0 Å². The highest BCUT2D eigenvalue weighted by molar-refractivity contribution is 7.47. The molecule has 0 bridgehead atoms. The molecule has 19 heteroatoms. The Kier molecular flexibility index (Phi) is 59.0. The van der Waals surface area contributed by atoms with Crippen LogP contribution in [-0.4, -0.2) is 96.7 Å². The quantitative estimate of drug-likeness (QED) is 0.0222. The summed E-state index contributed by atoms with van der Waals surface area (Å²) in [6, 6.07) is 0. The lowest BCUT2D eigenvalue weighted by atomic mass is 9.99. The van der Waals surface area contributed by atoms with Gasteiger partial charge in [0.2, 0.25) is 0 Å². The van der Waals surface area contributed by atoms with Gasteiger partial charge in [-0.25, -0.2) is 9.13 Å². The average molecular weight is 1280 g/mol. The van der Waals surface area contributed by atoms with Gasteiger partial charge in [-0.2, -0.15) is 0 Å². The van der Waals surface area contributed by atoms with Gasteiger partial charge in [-0.1, -0.05) is 292 Å². The van der Waals surface area contributed by atoms with Gasteiger partial charge in [-0.05, 0) is 37.5 Å². The molecule has 0 rings (SSSR count). The number of ether oxygens (including phenoxy) is 4. The van der Waals surface area contributed by atoms with E-state index in [2.05, 4.69) is 41.5 Å². The van der Waals surface area contributed by atoms with Crippen molar-refractivity contribution in [1.82, 2.24) is 0 Å². The molecular formula is C68H132O17P2. The second kappa shape index (κ2) is 60.3. The molecule has 0 aromatic heterocycles. The Hall–Kier alpha value is -1.94. The Balaban J connectivity index is 5.19. The van der Waals surface area contributed by atoms with Crippen LogP contribution >= 0.6 is 15.6 Å². The number of aliphatic hydroxyl groups excluding tert-OH is 1. The van der Waals surface area contributed by atoms with Crippen LogP contribution in [0.5, 0.6) is 0 Å². The van der Waals surface area contributed by atoms with Crippen LogP contribution in [0.15, 0.2) is 0 Å². The monoisotopic (exact) mass is 1280 g/mol. The molecule has 0 amide bonds. The summed E-state index contributed by atoms with van der Waals surface area (Å²) in [6.07, 6.45) is 44.5. The maximum atomic E-state index is 13.0. The Bertz CT molecular complexity index is 1700. The maximum absolute atomic E-state index is 13.0. The highest BCUT2D eigenvalue weighted by Crippen LogP contribution is 2.45. The molecule has 17 nitrogen and oxygen atoms in total. The van der Waals surface area contributed by atoms with E-state index in [1.165, 1.54) is 148 Å². The van der Waals surface area contributed by atoms with Crippen molar-refractivity contribution in [3.8, 4) is 0 Å². The summed E-state index contributed by atoms with van der Waals surface area (Å²) in [5.41, 5.74) is 0. The van der Waals surface area contributed by atoms with Gasteiger partial charge in [0.05, 0.1) is 26.4 Å². The molecule has 0 aliphatic carbocycles. The van der Waals surface area contributed by atoms with Crippen LogP contribution in [0.1, 0.15) is 343 Å². The van der Waals surface area contributed by atoms with Crippen molar-refractivity contribution in [2.75, 3.05) is 39.6 Å². The first-order chi connectivity index (χ1) is 41.9. The molecule has 0 saturated heterocycles. The van der Waals surface area contributed by atoms with E-state index in [9.17, 15) is 43.2 Å². The third kappa shape index (κ3) is 61.3. The molecule has 0 aromatic rings. The number of hydrogen-bond donors (Lipinski definition) is 3. The van der Waals surface area contributed by atoms with E-state index in [4.69, 9.17) is 37.0 Å². The highest BCUT2D eigenvalue weighted by atomic mass is 31.2. The molecule has 0 fully saturated rings. The number of carbonyl (C=O) groups is 4. The van der Waals surface area contributed by atoms with Gasteiger partial charge >= 0.3 is 39.5 Å². The van der Waals surface area contributed by atoms with Crippen LogP contribution in [-0.2, 0) is 65.4 Å². The van der Waals surface area contributed by atoms with E-state index < -0.39 is 97.5 Å². The number of esters is 4. The largest absolute Gasteiger partial charge is 0.472 e. The number of phosphoric acid groups is 2. The molecule has 516 valence electrons. The molecule has 3 unspecified atom stereocenters. The zero-order valence-corrected chi connectivity index (χ0v) is 58.1. The van der Waals surface area contributed by atoms with Crippen LogP contribution in [0.25, 0.3) is 0 Å². The van der Waals surface area contributed by atoms with E-state index in [1.54, 1.807) is 0 Å².